The minimum absolute atomic E-state index is 0.583. The fourth-order valence-corrected chi connectivity index (χ4v) is 7.13. The first-order valence-corrected chi connectivity index (χ1v) is 31.7. The molecule has 0 fully saturated rings. The number of hydrogen-bond donors (Lipinski definition) is 10. The van der Waals surface area contributed by atoms with Crippen molar-refractivity contribution in [3.63, 3.8) is 0 Å². The molecular weight excluding hydrogens is 1200 g/mol. The lowest BCUT2D eigenvalue weighted by molar-refractivity contribution is 0.349. The Hall–Kier alpha value is -8.79. The molecule has 3 atom stereocenters. The van der Waals surface area contributed by atoms with Crippen molar-refractivity contribution < 1.29 is 26.3 Å². The molecule has 0 bridgehead atoms. The summed E-state index contributed by atoms with van der Waals surface area (Å²) in [6.45, 7) is 19.1. The third-order valence-corrected chi connectivity index (χ3v) is 15.5. The summed E-state index contributed by atoms with van der Waals surface area (Å²) in [6.07, 6.45) is 3.56. The third-order valence-electron chi connectivity index (χ3n) is 12.5. The van der Waals surface area contributed by atoms with Gasteiger partial charge in [-0.3, -0.25) is 22.6 Å². The van der Waals surface area contributed by atoms with Crippen LogP contribution in [0.15, 0.2) is 199 Å². The minimum Gasteiger partial charge on any atom is -0.772 e. The molecule has 22 nitrogen and oxygen atoms in total. The van der Waals surface area contributed by atoms with E-state index in [-0.39, 0.29) is 0 Å². The van der Waals surface area contributed by atoms with Crippen molar-refractivity contribution in [2.45, 2.75) is 103 Å². The molecule has 7 aromatic carbocycles. The normalized spacial score (nSPS) is 13.4. The predicted molar refractivity (Wildman–Crippen MR) is 368 cm³/mol. The molecule has 2 aliphatic heterocycles. The Morgan fingerprint density at radius 1 is 0.467 bits per heavy atom. The van der Waals surface area contributed by atoms with Crippen molar-refractivity contribution in [2.75, 3.05) is 45.2 Å². The topological polar surface area (TPSA) is 340 Å². The highest BCUT2D eigenvalue weighted by atomic mass is 32.2. The number of para-hydroxylation sites is 1. The lowest BCUT2D eigenvalue weighted by Gasteiger charge is -2.20. The maximum Gasteiger partial charge on any atom is 0.177 e. The first-order chi connectivity index (χ1) is 42.6. The van der Waals surface area contributed by atoms with Crippen molar-refractivity contribution >= 4 is 84.9 Å². The Bertz CT molecular complexity index is 3530. The number of nitrogens with one attached hydrogen (secondary N) is 7. The first-order valence-electron chi connectivity index (χ1n) is 28.4. The number of benzene rings is 7. The molecule has 480 valence electrons. The first kappa shape index (κ1) is 72.0. The Balaban J connectivity index is 0.000000212. The fourth-order valence-electron chi connectivity index (χ4n) is 7.13. The molecule has 0 saturated carbocycles. The summed E-state index contributed by atoms with van der Waals surface area (Å²) >= 11 is -5.80. The molecule has 90 heavy (non-hydrogen) atoms. The highest BCUT2D eigenvalue weighted by Gasteiger charge is 2.20. The number of nitrogens with two attached hydrogens (primary N) is 3. The lowest BCUT2D eigenvalue weighted by Crippen LogP contribution is -2.41. The molecule has 13 N–H and O–H groups in total. The lowest BCUT2D eigenvalue weighted by atomic mass is 10.1. The number of hydrazone groups is 2. The summed E-state index contributed by atoms with van der Waals surface area (Å²) in [6, 6.07) is 58.1. The van der Waals surface area contributed by atoms with Gasteiger partial charge in [0.25, 0.3) is 0 Å². The summed E-state index contributed by atoms with van der Waals surface area (Å²) in [5.41, 5.74) is 42.8. The molecule has 3 heterocycles. The second-order valence-corrected chi connectivity index (χ2v) is 28.2. The quantitative estimate of drug-likeness (QED) is 0.0379. The maximum absolute atomic E-state index is 10.0. The van der Waals surface area contributed by atoms with Crippen LogP contribution in [0.3, 0.4) is 0 Å². The molecule has 0 radical (unpaired) electrons. The molecule has 0 saturated heterocycles. The number of hydrazine groups is 4. The molecule has 0 amide bonds. The zero-order chi connectivity index (χ0) is 66.0. The van der Waals surface area contributed by atoms with Gasteiger partial charge in [0.05, 0.1) is 23.8 Å². The smallest absolute Gasteiger partial charge is 0.177 e. The van der Waals surface area contributed by atoms with Crippen molar-refractivity contribution in [1.29, 1.82) is 0 Å². The van der Waals surface area contributed by atoms with Crippen LogP contribution in [0.25, 0.3) is 11.3 Å². The Morgan fingerprint density at radius 2 is 0.844 bits per heavy atom. The van der Waals surface area contributed by atoms with E-state index >= 15 is 0 Å². The molecule has 1 aromatic heterocycles. The van der Waals surface area contributed by atoms with Crippen LogP contribution in [-0.2, 0) is 52.9 Å². The minimum atomic E-state index is -1.93. The van der Waals surface area contributed by atoms with Crippen LogP contribution in [0.5, 0.6) is 0 Å². The van der Waals surface area contributed by atoms with Gasteiger partial charge in [-0.1, -0.05) is 78.9 Å². The molecule has 0 aliphatic carbocycles. The van der Waals surface area contributed by atoms with E-state index < -0.39 is 47.5 Å². The van der Waals surface area contributed by atoms with Gasteiger partial charge in [-0.05, 0) is 222 Å². The van der Waals surface area contributed by atoms with Crippen LogP contribution in [0, 0.1) is 6.92 Å². The molecule has 8 aromatic rings. The van der Waals surface area contributed by atoms with Gasteiger partial charge >= 0.3 is 0 Å². The van der Waals surface area contributed by atoms with Crippen molar-refractivity contribution in [3.8, 4) is 11.3 Å². The average molecular weight is 1280 g/mol. The van der Waals surface area contributed by atoms with E-state index in [0.29, 0.717) is 6.54 Å². The van der Waals surface area contributed by atoms with E-state index in [1.165, 1.54) is 16.7 Å². The second kappa shape index (κ2) is 34.8. The van der Waals surface area contributed by atoms with Gasteiger partial charge in [-0.25, -0.2) is 21.1 Å². The maximum atomic E-state index is 10.0. The van der Waals surface area contributed by atoms with E-state index in [1.807, 2.05) is 157 Å². The van der Waals surface area contributed by atoms with Gasteiger partial charge < -0.3 is 46.8 Å². The molecule has 10 rings (SSSR count). The number of hydrogen-bond acceptors (Lipinski definition) is 22. The zero-order valence-corrected chi connectivity index (χ0v) is 55.1. The van der Waals surface area contributed by atoms with Crippen LogP contribution >= 0.6 is 0 Å². The summed E-state index contributed by atoms with van der Waals surface area (Å²) in [4.78, 5) is 8.92. The number of rotatable bonds is 13. The highest BCUT2D eigenvalue weighted by Crippen LogP contribution is 2.23. The van der Waals surface area contributed by atoms with Gasteiger partial charge in [-0.15, -0.1) is 21.3 Å². The SMILES string of the molecule is CC(C)(C)S(=O)[O-].CC(C)(C)S(=O)[O-].CC(C)(C)S(=O)[O-].CN1NNN=C1c1ccc(NCc2ccc(N)cc2)cc1.Cc1ccccc1-c1cnc(NCc2ccc(N)cc2)cn1.Nc1ccc(CNc2ccc(C3=NNNN3c3ccccc3)cc2)cc1. The van der Waals surface area contributed by atoms with E-state index in [4.69, 9.17) is 17.2 Å². The summed E-state index contributed by atoms with van der Waals surface area (Å²) < 4.78 is 58.4. The Labute approximate surface area is 536 Å². The Kier molecular flexibility index (Phi) is 27.8. The molecular formula is C65H83N16O6S3-3. The van der Waals surface area contributed by atoms with E-state index in [1.54, 1.807) is 74.7 Å². The van der Waals surface area contributed by atoms with Gasteiger partial charge in [-0.2, -0.15) is 0 Å². The second-order valence-electron chi connectivity index (χ2n) is 23.1. The monoisotopic (exact) mass is 1280 g/mol. The Morgan fingerprint density at radius 3 is 1.22 bits per heavy atom. The van der Waals surface area contributed by atoms with Crippen LogP contribution < -0.4 is 60.3 Å². The number of aromatic nitrogens is 2. The number of aryl methyl sites for hydroxylation is 1. The van der Waals surface area contributed by atoms with Gasteiger partial charge in [0.1, 0.15) is 5.82 Å². The highest BCUT2D eigenvalue weighted by molar-refractivity contribution is 7.81. The van der Waals surface area contributed by atoms with Crippen molar-refractivity contribution in [1.82, 2.24) is 37.1 Å². The van der Waals surface area contributed by atoms with E-state index in [9.17, 15) is 26.3 Å². The summed E-state index contributed by atoms with van der Waals surface area (Å²) in [5.74, 6) is 2.44. The van der Waals surface area contributed by atoms with Crippen LogP contribution in [0.2, 0.25) is 0 Å². The number of amidine groups is 2. The van der Waals surface area contributed by atoms with Gasteiger partial charge in [0, 0.05) is 86.1 Å². The van der Waals surface area contributed by atoms with Crippen molar-refractivity contribution in [2.24, 2.45) is 10.2 Å². The average Bonchev–Trinajstić information content (AvgIpc) is 1.91. The van der Waals surface area contributed by atoms with E-state index in [2.05, 4.69) is 102 Å². The number of anilines is 7. The number of nitrogens with zero attached hydrogens (tertiary/aromatic N) is 6. The van der Waals surface area contributed by atoms with E-state index in [0.717, 1.165) is 92.7 Å². The predicted octanol–water partition coefficient (Wildman–Crippen LogP) is 10.2. The molecule has 25 heteroatoms. The third kappa shape index (κ3) is 25.0. The van der Waals surface area contributed by atoms with Gasteiger partial charge in [0.2, 0.25) is 0 Å². The number of nitrogen functional groups attached to an aromatic ring is 3. The zero-order valence-electron chi connectivity index (χ0n) is 52.6. The van der Waals surface area contributed by atoms with Gasteiger partial charge in [0.15, 0.2) is 11.7 Å². The van der Waals surface area contributed by atoms with Crippen LogP contribution in [0.1, 0.15) is 95.7 Å². The fraction of sp³-hybridized carbons (Fsp3) is 0.262. The molecule has 0 spiro atoms. The standard InChI is InChI=1S/C20H20N6.C18H18N4.C15H18N6.3C4H10O2S/c21-17-10-6-15(7-11-17)14-22-18-12-8-16(9-13-18)20-23-24-25-26(20)19-4-2-1-3-5-19;1-13-4-2-3-5-16(13)17-11-22-18(12-20-17)21-10-14-6-8-15(19)9-7-14;1-21-15(18-19-20-21)12-4-8-14(9-5-12)17-10-11-2-6-13(16)7-3-11;3*1-4(2,3)7(5)6/h1-13,22,24-25H,14,21H2;2-9,11-12H,10,19H2,1H3,(H,21,22);2-9,17,19-20H,10,16H2,1H3;3*1-3H3,(H,5,6)/p-3. The van der Waals surface area contributed by atoms with Crippen LogP contribution in [0.4, 0.5) is 39.9 Å². The largest absolute Gasteiger partial charge is 0.772 e. The van der Waals surface area contributed by atoms with Crippen LogP contribution in [-0.4, -0.2) is 74.2 Å². The molecule has 2 aliphatic rings. The van der Waals surface area contributed by atoms with Crippen molar-refractivity contribution in [3.05, 3.63) is 222 Å². The summed E-state index contributed by atoms with van der Waals surface area (Å²) in [7, 11) is 1.91. The summed E-state index contributed by atoms with van der Waals surface area (Å²) in [5, 5.41) is 22.3. The molecule has 3 unspecified atom stereocenters.